The molecule has 2 amide bonds. The molecule has 146 valence electrons. The monoisotopic (exact) mass is 386 g/mol. The molecule has 1 saturated heterocycles. The summed E-state index contributed by atoms with van der Waals surface area (Å²) in [7, 11) is 0. The van der Waals surface area contributed by atoms with Crippen molar-refractivity contribution in [3.63, 3.8) is 0 Å². The van der Waals surface area contributed by atoms with Crippen LogP contribution in [-0.2, 0) is 9.53 Å². The van der Waals surface area contributed by atoms with Gasteiger partial charge in [0.1, 0.15) is 6.10 Å². The van der Waals surface area contributed by atoms with Gasteiger partial charge in [0.25, 0.3) is 5.91 Å². The first-order chi connectivity index (χ1) is 13.9. The number of fused-ring (bicyclic) bond motifs is 1. The van der Waals surface area contributed by atoms with Crippen LogP contribution in [0.1, 0.15) is 35.3 Å². The molecule has 1 aliphatic heterocycles. The number of aryl methyl sites for hydroxylation is 2. The van der Waals surface area contributed by atoms with E-state index in [9.17, 15) is 9.59 Å². The normalized spacial score (nSPS) is 19.1. The Kier molecular flexibility index (Phi) is 4.89. The summed E-state index contributed by atoms with van der Waals surface area (Å²) in [4.78, 5) is 30.6. The van der Waals surface area contributed by atoms with Crippen molar-refractivity contribution in [1.29, 1.82) is 0 Å². The minimum absolute atomic E-state index is 0.397. The third kappa shape index (κ3) is 3.63. The molecule has 5 heteroatoms. The van der Waals surface area contributed by atoms with Gasteiger partial charge in [0, 0.05) is 29.4 Å². The molecule has 2 heterocycles. The minimum Gasteiger partial charge on any atom is -0.439 e. The average Bonchev–Trinajstić information content (AvgIpc) is 2.99. The van der Waals surface area contributed by atoms with Crippen LogP contribution >= 0.6 is 0 Å². The van der Waals surface area contributed by atoms with Gasteiger partial charge in [-0.15, -0.1) is 0 Å². The maximum Gasteiger partial charge on any atom is 0.417 e. The summed E-state index contributed by atoms with van der Waals surface area (Å²) in [6, 6.07) is 13.5. The van der Waals surface area contributed by atoms with E-state index in [4.69, 9.17) is 4.74 Å². The van der Waals surface area contributed by atoms with Gasteiger partial charge < -0.3 is 4.74 Å². The molecule has 29 heavy (non-hydrogen) atoms. The zero-order valence-corrected chi connectivity index (χ0v) is 16.6. The molecule has 5 nitrogen and oxygen atoms in total. The predicted molar refractivity (Wildman–Crippen MR) is 112 cm³/mol. The molecule has 1 aromatic heterocycles. The van der Waals surface area contributed by atoms with E-state index in [-0.39, 0.29) is 0 Å². The largest absolute Gasteiger partial charge is 0.439 e. The zero-order chi connectivity index (χ0) is 20.5. The van der Waals surface area contributed by atoms with Crippen LogP contribution in [0.2, 0.25) is 0 Å². The van der Waals surface area contributed by atoms with Crippen LogP contribution in [0, 0.1) is 13.8 Å². The number of imide groups is 1. The molecule has 0 saturated carbocycles. The summed E-state index contributed by atoms with van der Waals surface area (Å²) in [5.41, 5.74) is 3.91. The second-order valence-corrected chi connectivity index (χ2v) is 7.46. The third-order valence-corrected chi connectivity index (χ3v) is 5.18. The van der Waals surface area contributed by atoms with Crippen molar-refractivity contribution >= 4 is 28.8 Å². The van der Waals surface area contributed by atoms with E-state index in [1.54, 1.807) is 18.5 Å². The zero-order valence-electron chi connectivity index (χ0n) is 16.6. The van der Waals surface area contributed by atoms with Crippen molar-refractivity contribution < 1.29 is 14.3 Å². The molecule has 2 atom stereocenters. The van der Waals surface area contributed by atoms with E-state index in [1.807, 2.05) is 57.2 Å². The Morgan fingerprint density at radius 1 is 1.10 bits per heavy atom. The third-order valence-electron chi connectivity index (χ3n) is 5.18. The van der Waals surface area contributed by atoms with Gasteiger partial charge in [-0.25, -0.2) is 9.69 Å². The molecule has 3 aromatic rings. The molecular weight excluding hydrogens is 364 g/mol. The smallest absolute Gasteiger partial charge is 0.417 e. The Labute approximate surface area is 169 Å². The van der Waals surface area contributed by atoms with E-state index in [0.717, 1.165) is 33.0 Å². The number of ether oxygens (including phenoxy) is 1. The lowest BCUT2D eigenvalue weighted by atomic mass is 9.99. The molecule has 4 rings (SSSR count). The summed E-state index contributed by atoms with van der Waals surface area (Å²) in [6.45, 7) is 5.84. The number of hydrogen-bond acceptors (Lipinski definition) is 4. The molecule has 0 aliphatic carbocycles. The van der Waals surface area contributed by atoms with E-state index >= 15 is 0 Å². The number of amides is 2. The molecule has 0 unspecified atom stereocenters. The highest BCUT2D eigenvalue weighted by atomic mass is 16.6. The molecule has 0 spiro atoms. The van der Waals surface area contributed by atoms with E-state index in [0.29, 0.717) is 0 Å². The van der Waals surface area contributed by atoms with Crippen molar-refractivity contribution in [3.8, 4) is 0 Å². The molecule has 1 fully saturated rings. The molecule has 0 radical (unpaired) electrons. The number of cyclic esters (lactones) is 1. The first-order valence-electron chi connectivity index (χ1n) is 9.57. The second-order valence-electron chi connectivity index (χ2n) is 7.46. The molecular formula is C24H22N2O3. The topological polar surface area (TPSA) is 59.5 Å². The Bertz CT molecular complexity index is 1110. The van der Waals surface area contributed by atoms with Crippen LogP contribution in [0.4, 0.5) is 4.79 Å². The fraction of sp³-hybridized carbons (Fsp3) is 0.208. The Morgan fingerprint density at radius 2 is 1.83 bits per heavy atom. The van der Waals surface area contributed by atoms with E-state index in [1.165, 1.54) is 11.0 Å². The predicted octanol–water partition coefficient (Wildman–Crippen LogP) is 4.97. The van der Waals surface area contributed by atoms with Crippen LogP contribution in [0.3, 0.4) is 0 Å². The summed E-state index contributed by atoms with van der Waals surface area (Å²) in [5, 5.41) is 1.99. The lowest BCUT2D eigenvalue weighted by Crippen LogP contribution is -2.36. The van der Waals surface area contributed by atoms with E-state index in [2.05, 4.69) is 11.1 Å². The summed E-state index contributed by atoms with van der Waals surface area (Å²) >= 11 is 0. The van der Waals surface area contributed by atoms with Gasteiger partial charge in [-0.2, -0.15) is 0 Å². The standard InChI is InChI=1S/C24H22N2O3/c1-15-10-16(2)12-20(11-15)23-17(3)26(24(28)29-23)22(27)9-8-19-14-25-13-18-6-4-5-7-21(18)19/h4-14,17,23H,1-3H3/b9-8+/t17-,23-/m0/s1. The van der Waals surface area contributed by atoms with Crippen molar-refractivity contribution in [1.82, 2.24) is 9.88 Å². The van der Waals surface area contributed by atoms with Crippen LogP contribution in [0.15, 0.2) is 60.9 Å². The quantitative estimate of drug-likeness (QED) is 0.596. The fourth-order valence-electron chi connectivity index (χ4n) is 3.89. The Morgan fingerprint density at radius 3 is 2.59 bits per heavy atom. The first-order valence-corrected chi connectivity index (χ1v) is 9.57. The Hall–Kier alpha value is -3.47. The average molecular weight is 386 g/mol. The van der Waals surface area contributed by atoms with Crippen molar-refractivity contribution in [2.75, 3.05) is 0 Å². The van der Waals surface area contributed by atoms with Crippen LogP contribution in [0.5, 0.6) is 0 Å². The maximum absolute atomic E-state index is 12.8. The summed E-state index contributed by atoms with van der Waals surface area (Å²) in [5.74, 6) is -0.401. The number of nitrogens with zero attached hydrogens (tertiary/aromatic N) is 2. The molecule has 0 bridgehead atoms. The number of carbonyl (C=O) groups excluding carboxylic acids is 2. The molecule has 1 aliphatic rings. The number of rotatable bonds is 3. The van der Waals surface area contributed by atoms with Gasteiger partial charge in [-0.3, -0.25) is 9.78 Å². The van der Waals surface area contributed by atoms with Crippen LogP contribution < -0.4 is 0 Å². The number of carbonyl (C=O) groups is 2. The fourth-order valence-corrected chi connectivity index (χ4v) is 3.89. The van der Waals surface area contributed by atoms with Gasteiger partial charge in [0.05, 0.1) is 6.04 Å². The second kappa shape index (κ2) is 7.51. The van der Waals surface area contributed by atoms with Gasteiger partial charge in [0.15, 0.2) is 0 Å². The van der Waals surface area contributed by atoms with Crippen LogP contribution in [-0.4, -0.2) is 27.9 Å². The SMILES string of the molecule is Cc1cc(C)cc([C@H]2OC(=O)N(C(=O)/C=C/c3cncc4ccccc34)[C@H]2C)c1. The Balaban J connectivity index is 1.58. The first kappa shape index (κ1) is 18.9. The lowest BCUT2D eigenvalue weighted by Gasteiger charge is -2.18. The van der Waals surface area contributed by atoms with Gasteiger partial charge in [0.2, 0.25) is 0 Å². The number of aromatic nitrogens is 1. The van der Waals surface area contributed by atoms with Gasteiger partial charge in [-0.1, -0.05) is 53.6 Å². The number of hydrogen-bond donors (Lipinski definition) is 0. The van der Waals surface area contributed by atoms with Gasteiger partial charge in [-0.05, 0) is 37.8 Å². The summed E-state index contributed by atoms with van der Waals surface area (Å²) < 4.78 is 5.55. The minimum atomic E-state index is -0.618. The lowest BCUT2D eigenvalue weighted by molar-refractivity contribution is -0.124. The molecule has 2 aromatic carbocycles. The highest BCUT2D eigenvalue weighted by Gasteiger charge is 2.42. The number of benzene rings is 2. The van der Waals surface area contributed by atoms with Gasteiger partial charge >= 0.3 is 6.09 Å². The number of pyridine rings is 1. The summed E-state index contributed by atoms with van der Waals surface area (Å²) in [6.07, 6.45) is 5.50. The van der Waals surface area contributed by atoms with E-state index < -0.39 is 24.1 Å². The molecule has 0 N–H and O–H groups in total. The van der Waals surface area contributed by atoms with Crippen molar-refractivity contribution in [2.24, 2.45) is 0 Å². The van der Waals surface area contributed by atoms with Crippen molar-refractivity contribution in [2.45, 2.75) is 32.9 Å². The highest BCUT2D eigenvalue weighted by Crippen LogP contribution is 2.33. The van der Waals surface area contributed by atoms with Crippen molar-refractivity contribution in [3.05, 3.63) is 83.2 Å². The maximum atomic E-state index is 12.8. The van der Waals surface area contributed by atoms with Crippen LogP contribution in [0.25, 0.3) is 16.8 Å². The highest BCUT2D eigenvalue weighted by molar-refractivity contribution is 6.03.